The summed E-state index contributed by atoms with van der Waals surface area (Å²) in [6.07, 6.45) is 2.75. The molecule has 0 amide bonds. The maximum absolute atomic E-state index is 5.92. The zero-order chi connectivity index (χ0) is 15.9. The summed E-state index contributed by atoms with van der Waals surface area (Å²) in [5, 5.41) is 3.47. The van der Waals surface area contributed by atoms with E-state index in [2.05, 4.69) is 54.7 Å². The predicted molar refractivity (Wildman–Crippen MR) is 92.6 cm³/mol. The van der Waals surface area contributed by atoms with Crippen molar-refractivity contribution >= 4 is 0 Å². The van der Waals surface area contributed by atoms with Crippen molar-refractivity contribution in [3.63, 3.8) is 0 Å². The maximum atomic E-state index is 5.92. The van der Waals surface area contributed by atoms with Crippen LogP contribution in [0.15, 0.2) is 48.5 Å². The third kappa shape index (κ3) is 5.08. The number of ether oxygens (including phenoxy) is 2. The number of nitrogens with one attached hydrogen (secondary N) is 1. The molecule has 1 aliphatic heterocycles. The van der Waals surface area contributed by atoms with Gasteiger partial charge in [-0.2, -0.15) is 0 Å². The standard InChI is InChI=1S/C20H25NO2/c1-16-5-2-7-18(11-16)15-23-19-8-3-6-17(12-19)13-21-14-20-9-4-10-22-20/h2-3,5-8,11-12,20-21H,4,9-10,13-15H2,1H3/t20-/m0/s1. The highest BCUT2D eigenvalue weighted by atomic mass is 16.5. The third-order valence-electron chi connectivity index (χ3n) is 4.11. The Morgan fingerprint density at radius 1 is 1.13 bits per heavy atom. The van der Waals surface area contributed by atoms with E-state index in [1.54, 1.807) is 0 Å². The number of hydrogen-bond acceptors (Lipinski definition) is 3. The molecule has 3 nitrogen and oxygen atoms in total. The summed E-state index contributed by atoms with van der Waals surface area (Å²) in [6, 6.07) is 16.7. The average Bonchev–Trinajstić information content (AvgIpc) is 3.07. The summed E-state index contributed by atoms with van der Waals surface area (Å²) in [5.41, 5.74) is 3.70. The molecule has 2 aromatic rings. The summed E-state index contributed by atoms with van der Waals surface area (Å²) in [6.45, 7) is 5.39. The predicted octanol–water partition coefficient (Wildman–Crippen LogP) is 3.84. The van der Waals surface area contributed by atoms with E-state index >= 15 is 0 Å². The molecule has 1 aliphatic rings. The fourth-order valence-electron chi connectivity index (χ4n) is 2.90. The molecule has 1 N–H and O–H groups in total. The van der Waals surface area contributed by atoms with Crippen molar-refractivity contribution in [3.8, 4) is 5.75 Å². The van der Waals surface area contributed by atoms with Gasteiger partial charge >= 0.3 is 0 Å². The van der Waals surface area contributed by atoms with E-state index in [1.165, 1.54) is 29.5 Å². The van der Waals surface area contributed by atoms with Gasteiger partial charge in [0.25, 0.3) is 0 Å². The molecule has 0 bridgehead atoms. The quantitative estimate of drug-likeness (QED) is 0.842. The molecule has 1 heterocycles. The maximum Gasteiger partial charge on any atom is 0.120 e. The van der Waals surface area contributed by atoms with Crippen LogP contribution in [0.4, 0.5) is 0 Å². The van der Waals surface area contributed by atoms with Gasteiger partial charge in [0, 0.05) is 19.7 Å². The molecule has 0 aromatic heterocycles. The van der Waals surface area contributed by atoms with Crippen LogP contribution >= 0.6 is 0 Å². The first-order valence-corrected chi connectivity index (χ1v) is 8.39. The molecule has 0 aliphatic carbocycles. The molecule has 122 valence electrons. The van der Waals surface area contributed by atoms with Crippen molar-refractivity contribution in [2.75, 3.05) is 13.2 Å². The van der Waals surface area contributed by atoms with Crippen LogP contribution in [0.2, 0.25) is 0 Å². The minimum Gasteiger partial charge on any atom is -0.489 e. The Morgan fingerprint density at radius 2 is 2.00 bits per heavy atom. The normalized spacial score (nSPS) is 17.3. The molecule has 1 fully saturated rings. The van der Waals surface area contributed by atoms with E-state index in [0.717, 1.165) is 25.4 Å². The van der Waals surface area contributed by atoms with Crippen LogP contribution in [0.5, 0.6) is 5.75 Å². The van der Waals surface area contributed by atoms with Crippen molar-refractivity contribution in [2.24, 2.45) is 0 Å². The Bertz CT molecular complexity index is 621. The van der Waals surface area contributed by atoms with E-state index in [1.807, 2.05) is 6.07 Å². The summed E-state index contributed by atoms with van der Waals surface area (Å²) in [4.78, 5) is 0. The summed E-state index contributed by atoms with van der Waals surface area (Å²) in [5.74, 6) is 0.919. The fraction of sp³-hybridized carbons (Fsp3) is 0.400. The molecule has 3 heteroatoms. The van der Waals surface area contributed by atoms with Gasteiger partial charge in [0.2, 0.25) is 0 Å². The van der Waals surface area contributed by atoms with Crippen LogP contribution in [0.1, 0.15) is 29.5 Å². The Balaban J connectivity index is 1.48. The van der Waals surface area contributed by atoms with Gasteiger partial charge in [-0.3, -0.25) is 0 Å². The Hall–Kier alpha value is -1.84. The van der Waals surface area contributed by atoms with Crippen molar-refractivity contribution in [1.82, 2.24) is 5.32 Å². The van der Waals surface area contributed by atoms with Gasteiger partial charge < -0.3 is 14.8 Å². The van der Waals surface area contributed by atoms with Gasteiger partial charge in [0.15, 0.2) is 0 Å². The second-order valence-corrected chi connectivity index (χ2v) is 6.19. The van der Waals surface area contributed by atoms with Gasteiger partial charge in [-0.25, -0.2) is 0 Å². The van der Waals surface area contributed by atoms with Crippen molar-refractivity contribution < 1.29 is 9.47 Å². The molecule has 0 unspecified atom stereocenters. The zero-order valence-corrected chi connectivity index (χ0v) is 13.8. The van der Waals surface area contributed by atoms with Gasteiger partial charge in [0.05, 0.1) is 6.10 Å². The lowest BCUT2D eigenvalue weighted by Crippen LogP contribution is -2.25. The van der Waals surface area contributed by atoms with E-state index in [9.17, 15) is 0 Å². The summed E-state index contributed by atoms with van der Waals surface area (Å²) in [7, 11) is 0. The Labute approximate surface area is 138 Å². The van der Waals surface area contributed by atoms with E-state index in [-0.39, 0.29) is 0 Å². The molecule has 1 saturated heterocycles. The highest BCUT2D eigenvalue weighted by Crippen LogP contribution is 2.16. The van der Waals surface area contributed by atoms with Crippen LogP contribution in [0.25, 0.3) is 0 Å². The minimum absolute atomic E-state index is 0.385. The first kappa shape index (κ1) is 16.0. The number of rotatable bonds is 7. The average molecular weight is 311 g/mol. The molecule has 23 heavy (non-hydrogen) atoms. The Morgan fingerprint density at radius 3 is 2.83 bits per heavy atom. The Kier molecular flexibility index (Phi) is 5.67. The van der Waals surface area contributed by atoms with E-state index in [0.29, 0.717) is 12.7 Å². The van der Waals surface area contributed by atoms with Gasteiger partial charge in [0.1, 0.15) is 12.4 Å². The zero-order valence-electron chi connectivity index (χ0n) is 13.8. The van der Waals surface area contributed by atoms with Crippen LogP contribution < -0.4 is 10.1 Å². The second-order valence-electron chi connectivity index (χ2n) is 6.19. The molecule has 0 saturated carbocycles. The molecular formula is C20H25NO2. The van der Waals surface area contributed by atoms with Gasteiger partial charge in [-0.15, -0.1) is 0 Å². The van der Waals surface area contributed by atoms with Crippen LogP contribution in [0, 0.1) is 6.92 Å². The van der Waals surface area contributed by atoms with Crippen LogP contribution in [0.3, 0.4) is 0 Å². The molecular weight excluding hydrogens is 286 g/mol. The lowest BCUT2D eigenvalue weighted by atomic mass is 10.1. The number of aryl methyl sites for hydroxylation is 1. The third-order valence-corrected chi connectivity index (χ3v) is 4.11. The smallest absolute Gasteiger partial charge is 0.120 e. The van der Waals surface area contributed by atoms with E-state index < -0.39 is 0 Å². The highest BCUT2D eigenvalue weighted by Gasteiger charge is 2.14. The molecule has 2 aromatic carbocycles. The topological polar surface area (TPSA) is 30.5 Å². The number of benzene rings is 2. The summed E-state index contributed by atoms with van der Waals surface area (Å²) >= 11 is 0. The number of hydrogen-bond donors (Lipinski definition) is 1. The largest absolute Gasteiger partial charge is 0.489 e. The van der Waals surface area contributed by atoms with Crippen molar-refractivity contribution in [2.45, 2.75) is 39.0 Å². The summed E-state index contributed by atoms with van der Waals surface area (Å²) < 4.78 is 11.5. The second kappa shape index (κ2) is 8.14. The lowest BCUT2D eigenvalue weighted by Gasteiger charge is -2.12. The molecule has 3 rings (SSSR count). The fourth-order valence-corrected chi connectivity index (χ4v) is 2.90. The first-order valence-electron chi connectivity index (χ1n) is 8.39. The lowest BCUT2D eigenvalue weighted by molar-refractivity contribution is 0.110. The van der Waals surface area contributed by atoms with Gasteiger partial charge in [-0.05, 0) is 43.0 Å². The van der Waals surface area contributed by atoms with Gasteiger partial charge in [-0.1, -0.05) is 42.0 Å². The van der Waals surface area contributed by atoms with Crippen LogP contribution in [-0.2, 0) is 17.9 Å². The minimum atomic E-state index is 0.385. The van der Waals surface area contributed by atoms with Crippen molar-refractivity contribution in [3.05, 3.63) is 65.2 Å². The van der Waals surface area contributed by atoms with Crippen LogP contribution in [-0.4, -0.2) is 19.3 Å². The molecule has 0 radical (unpaired) electrons. The highest BCUT2D eigenvalue weighted by molar-refractivity contribution is 5.29. The van der Waals surface area contributed by atoms with E-state index in [4.69, 9.17) is 9.47 Å². The van der Waals surface area contributed by atoms with Crippen molar-refractivity contribution in [1.29, 1.82) is 0 Å². The SMILES string of the molecule is Cc1cccc(COc2cccc(CNC[C@@H]3CCCO3)c2)c1. The molecule has 0 spiro atoms. The molecule has 1 atom stereocenters. The first-order chi connectivity index (χ1) is 11.3. The monoisotopic (exact) mass is 311 g/mol.